The van der Waals surface area contributed by atoms with Gasteiger partial charge in [0.25, 0.3) is 0 Å². The number of hydrogen-bond donors (Lipinski definition) is 0. The number of aromatic nitrogens is 2. The molecule has 0 bridgehead atoms. The van der Waals surface area contributed by atoms with Crippen LogP contribution in [0.5, 0.6) is 0 Å². The Morgan fingerprint density at radius 1 is 0.971 bits per heavy atom. The van der Waals surface area contributed by atoms with E-state index in [-0.39, 0.29) is 23.8 Å². The van der Waals surface area contributed by atoms with Crippen LogP contribution in [0.4, 0.5) is 0 Å². The summed E-state index contributed by atoms with van der Waals surface area (Å²) in [6, 6.07) is 25.1. The lowest BCUT2D eigenvalue weighted by molar-refractivity contribution is -0.149. The molecule has 1 aliphatic heterocycles. The molecule has 6 rings (SSSR count). The van der Waals surface area contributed by atoms with Gasteiger partial charge in [-0.1, -0.05) is 64.5 Å². The number of aryl methyl sites for hydroxylation is 2. The molecule has 4 nitrogen and oxygen atoms in total. The first-order chi connectivity index (χ1) is 17.0. The van der Waals surface area contributed by atoms with Gasteiger partial charge in [-0.25, -0.2) is 0 Å². The highest BCUT2D eigenvalue weighted by molar-refractivity contribution is 9.10. The average molecular weight is 527 g/mol. The van der Waals surface area contributed by atoms with Crippen LogP contribution < -0.4 is 0 Å². The molecule has 3 aromatic carbocycles. The summed E-state index contributed by atoms with van der Waals surface area (Å²) in [6.07, 6.45) is 2.19. The summed E-state index contributed by atoms with van der Waals surface area (Å²) in [5.41, 5.74) is 7.01. The van der Waals surface area contributed by atoms with Gasteiger partial charge in [0, 0.05) is 56.7 Å². The van der Waals surface area contributed by atoms with Gasteiger partial charge in [0.15, 0.2) is 0 Å². The van der Waals surface area contributed by atoms with E-state index in [0.717, 1.165) is 32.0 Å². The Kier molecular flexibility index (Phi) is 5.33. The second kappa shape index (κ2) is 8.42. The summed E-state index contributed by atoms with van der Waals surface area (Å²) >= 11 is 3.67. The number of esters is 1. The van der Waals surface area contributed by atoms with Gasteiger partial charge in [-0.05, 0) is 49.2 Å². The van der Waals surface area contributed by atoms with Crippen LogP contribution in [0.25, 0.3) is 21.8 Å². The molecule has 5 heteroatoms. The molecule has 0 amide bonds. The first-order valence-corrected chi connectivity index (χ1v) is 12.9. The number of carbonyl (C=O) groups is 1. The number of nitrogens with zero attached hydrogens (tertiary/aromatic N) is 2. The van der Waals surface area contributed by atoms with Crippen LogP contribution in [0, 0.1) is 12.8 Å². The fourth-order valence-electron chi connectivity index (χ4n) is 6.14. The quantitative estimate of drug-likeness (QED) is 0.234. The van der Waals surface area contributed by atoms with Crippen molar-refractivity contribution in [1.29, 1.82) is 0 Å². The standard InChI is InChI=1S/C30H27BrN2O2/c1-4-35-30(34)27-26(19-10-6-5-7-11-19)28-18(2)21-12-8-9-13-25(21)33(28)29(27)23-17-32(3)24-15-14-20(31)16-22(23)24/h5-17,26-27,29H,4H2,1-3H3/t26-,27-,29+/m0/s1. The van der Waals surface area contributed by atoms with E-state index in [1.165, 1.54) is 16.6 Å². The van der Waals surface area contributed by atoms with Crippen LogP contribution in [0.3, 0.4) is 0 Å². The molecule has 5 aromatic rings. The number of benzene rings is 3. The molecule has 0 radical (unpaired) electrons. The van der Waals surface area contributed by atoms with Gasteiger partial charge in [0.05, 0.1) is 18.6 Å². The Labute approximate surface area is 213 Å². The third kappa shape index (κ3) is 3.29. The van der Waals surface area contributed by atoms with E-state index >= 15 is 0 Å². The van der Waals surface area contributed by atoms with Gasteiger partial charge >= 0.3 is 5.97 Å². The molecule has 2 aromatic heterocycles. The van der Waals surface area contributed by atoms with Gasteiger partial charge < -0.3 is 13.9 Å². The minimum absolute atomic E-state index is 0.102. The maximum Gasteiger partial charge on any atom is 0.312 e. The van der Waals surface area contributed by atoms with Gasteiger partial charge in [0.1, 0.15) is 0 Å². The lowest BCUT2D eigenvalue weighted by atomic mass is 9.79. The maximum atomic E-state index is 13.8. The Bertz CT molecular complexity index is 1580. The molecule has 0 N–H and O–H groups in total. The number of halogens is 1. The highest BCUT2D eigenvalue weighted by atomic mass is 79.9. The van der Waals surface area contributed by atoms with Crippen molar-refractivity contribution in [2.45, 2.75) is 25.8 Å². The van der Waals surface area contributed by atoms with Crippen LogP contribution in [-0.2, 0) is 16.6 Å². The maximum absolute atomic E-state index is 13.8. The zero-order valence-corrected chi connectivity index (χ0v) is 21.6. The molecule has 3 atom stereocenters. The molecule has 1 aliphatic rings. The average Bonchev–Trinajstić information content (AvgIpc) is 3.48. The number of rotatable bonds is 4. The lowest BCUT2D eigenvalue weighted by Crippen LogP contribution is -2.28. The molecule has 176 valence electrons. The summed E-state index contributed by atoms with van der Waals surface area (Å²) in [5.74, 6) is -0.624. The largest absolute Gasteiger partial charge is 0.466 e. The minimum atomic E-state index is -0.375. The van der Waals surface area contributed by atoms with Crippen molar-refractivity contribution in [3.05, 3.63) is 106 Å². The van der Waals surface area contributed by atoms with Crippen molar-refractivity contribution < 1.29 is 9.53 Å². The molecule has 3 heterocycles. The molecular formula is C30H27BrN2O2. The smallest absolute Gasteiger partial charge is 0.312 e. The van der Waals surface area contributed by atoms with Crippen LogP contribution in [0.1, 0.15) is 41.3 Å². The summed E-state index contributed by atoms with van der Waals surface area (Å²) in [6.45, 7) is 4.43. The van der Waals surface area contributed by atoms with Crippen LogP contribution in [-0.4, -0.2) is 21.7 Å². The predicted octanol–water partition coefficient (Wildman–Crippen LogP) is 7.12. The van der Waals surface area contributed by atoms with Gasteiger partial charge in [0.2, 0.25) is 0 Å². The first kappa shape index (κ1) is 22.2. The van der Waals surface area contributed by atoms with E-state index < -0.39 is 0 Å². The third-order valence-electron chi connectivity index (χ3n) is 7.50. The zero-order valence-electron chi connectivity index (χ0n) is 20.0. The SMILES string of the molecule is CCOC(=O)[C@H]1[C@H](c2ccccc2)c2c(C)c3ccccc3n2[C@@H]1c1cn(C)c2ccc(Br)cc12. The molecule has 0 saturated carbocycles. The van der Waals surface area contributed by atoms with Crippen molar-refractivity contribution in [3.63, 3.8) is 0 Å². The van der Waals surface area contributed by atoms with Crippen LogP contribution in [0.2, 0.25) is 0 Å². The number of para-hydroxylation sites is 1. The Morgan fingerprint density at radius 2 is 1.71 bits per heavy atom. The zero-order chi connectivity index (χ0) is 24.3. The molecule has 0 unspecified atom stereocenters. The number of ether oxygens (including phenoxy) is 1. The van der Waals surface area contributed by atoms with Crippen molar-refractivity contribution >= 4 is 43.7 Å². The van der Waals surface area contributed by atoms with Gasteiger partial charge in [-0.15, -0.1) is 0 Å². The second-order valence-corrected chi connectivity index (χ2v) is 10.3. The third-order valence-corrected chi connectivity index (χ3v) is 8.00. The normalized spacial score (nSPS) is 19.4. The van der Waals surface area contributed by atoms with Crippen LogP contribution >= 0.6 is 15.9 Å². The Hall–Kier alpha value is -3.31. The van der Waals surface area contributed by atoms with E-state index in [1.807, 2.05) is 13.0 Å². The van der Waals surface area contributed by atoms with Crippen molar-refractivity contribution in [1.82, 2.24) is 9.13 Å². The van der Waals surface area contributed by atoms with E-state index in [2.05, 4.69) is 112 Å². The van der Waals surface area contributed by atoms with Crippen LogP contribution in [0.15, 0.2) is 83.5 Å². The van der Waals surface area contributed by atoms with Crippen molar-refractivity contribution in [2.75, 3.05) is 6.61 Å². The van der Waals surface area contributed by atoms with Crippen molar-refractivity contribution in [2.24, 2.45) is 13.0 Å². The van der Waals surface area contributed by atoms with Crippen molar-refractivity contribution in [3.8, 4) is 0 Å². The highest BCUT2D eigenvalue weighted by Gasteiger charge is 2.49. The molecule has 0 saturated heterocycles. The van der Waals surface area contributed by atoms with Gasteiger partial charge in [-0.2, -0.15) is 0 Å². The summed E-state index contributed by atoms with van der Waals surface area (Å²) in [5, 5.41) is 2.38. The lowest BCUT2D eigenvalue weighted by Gasteiger charge is -2.25. The monoisotopic (exact) mass is 526 g/mol. The summed E-state index contributed by atoms with van der Waals surface area (Å²) in [4.78, 5) is 13.8. The topological polar surface area (TPSA) is 36.2 Å². The van der Waals surface area contributed by atoms with E-state index in [0.29, 0.717) is 6.61 Å². The predicted molar refractivity (Wildman–Crippen MR) is 144 cm³/mol. The summed E-state index contributed by atoms with van der Waals surface area (Å²) in [7, 11) is 2.07. The molecule has 0 spiro atoms. The van der Waals surface area contributed by atoms with Gasteiger partial charge in [-0.3, -0.25) is 4.79 Å². The molecule has 0 aliphatic carbocycles. The fraction of sp³-hybridized carbons (Fsp3) is 0.233. The van der Waals surface area contributed by atoms with E-state index in [4.69, 9.17) is 4.74 Å². The Balaban J connectivity index is 1.72. The Morgan fingerprint density at radius 3 is 2.49 bits per heavy atom. The molecular weight excluding hydrogens is 500 g/mol. The molecule has 35 heavy (non-hydrogen) atoms. The second-order valence-electron chi connectivity index (χ2n) is 9.37. The molecule has 0 fully saturated rings. The summed E-state index contributed by atoms with van der Waals surface area (Å²) < 4.78 is 11.4. The first-order valence-electron chi connectivity index (χ1n) is 12.1. The van der Waals surface area contributed by atoms with E-state index in [1.54, 1.807) is 0 Å². The number of carbonyl (C=O) groups excluding carboxylic acids is 1. The number of fused-ring (bicyclic) bond motifs is 4. The number of hydrogen-bond acceptors (Lipinski definition) is 2. The highest BCUT2D eigenvalue weighted by Crippen LogP contribution is 2.54. The van der Waals surface area contributed by atoms with E-state index in [9.17, 15) is 4.79 Å². The fourth-order valence-corrected chi connectivity index (χ4v) is 6.50. The minimum Gasteiger partial charge on any atom is -0.466 e.